The van der Waals surface area contributed by atoms with Gasteiger partial charge in [0, 0.05) is 24.3 Å². The van der Waals surface area contributed by atoms with Gasteiger partial charge in [-0.2, -0.15) is 0 Å². The third-order valence-electron chi connectivity index (χ3n) is 8.34. The standard InChI is InChI=1S/C17H15N5O4.K/c23-5(1-2-22-4-20-13-12(22)14(24)19-3-18-13)21-17-9-6-10(17)8-11(17)7(9)16(6,8)15(25)26;/h3-4,6-11H,1-2H2,(H,21,23)(H,25,26)(H,18,19,24);/q;+1/p-1. The molecule has 0 saturated heterocycles. The topological polar surface area (TPSA) is 133 Å². The molecule has 10 heteroatoms. The van der Waals surface area contributed by atoms with Gasteiger partial charge >= 0.3 is 51.4 Å². The van der Waals surface area contributed by atoms with Crippen LogP contribution >= 0.6 is 0 Å². The summed E-state index contributed by atoms with van der Waals surface area (Å²) in [4.78, 5) is 46.4. The van der Waals surface area contributed by atoms with E-state index in [0.29, 0.717) is 35.5 Å². The van der Waals surface area contributed by atoms with E-state index in [0.717, 1.165) is 0 Å². The molecule has 2 heterocycles. The first-order chi connectivity index (χ1) is 12.5. The number of amides is 1. The van der Waals surface area contributed by atoms with Gasteiger partial charge in [0.1, 0.15) is 0 Å². The maximum atomic E-state index is 12.5. The van der Waals surface area contributed by atoms with Gasteiger partial charge < -0.3 is 24.8 Å². The Kier molecular flexibility index (Phi) is 2.95. The Morgan fingerprint density at radius 1 is 1.19 bits per heavy atom. The molecule has 9 nitrogen and oxygen atoms in total. The molecule has 0 unspecified atom stereocenters. The number of carbonyl (C=O) groups excluding carboxylic acids is 2. The van der Waals surface area contributed by atoms with E-state index in [9.17, 15) is 19.5 Å². The average molecular weight is 391 g/mol. The van der Waals surface area contributed by atoms with Crippen LogP contribution in [0.2, 0.25) is 0 Å². The number of imidazole rings is 1. The van der Waals surface area contributed by atoms with Crippen molar-refractivity contribution < 1.29 is 66.1 Å². The van der Waals surface area contributed by atoms with Crippen LogP contribution in [0.15, 0.2) is 17.4 Å². The average Bonchev–Trinajstić information content (AvgIpc) is 3.04. The second kappa shape index (κ2) is 4.73. The normalized spacial score (nSPS) is 45.2. The molecule has 2 aromatic rings. The van der Waals surface area contributed by atoms with Crippen LogP contribution in [0.5, 0.6) is 0 Å². The van der Waals surface area contributed by atoms with Gasteiger partial charge in [-0.25, -0.2) is 9.97 Å². The van der Waals surface area contributed by atoms with Crippen molar-refractivity contribution >= 4 is 23.0 Å². The number of nitrogens with zero attached hydrogens (tertiary/aromatic N) is 3. The molecule has 6 aliphatic rings. The van der Waals surface area contributed by atoms with Crippen molar-refractivity contribution in [2.75, 3.05) is 0 Å². The first-order valence-corrected chi connectivity index (χ1v) is 8.95. The van der Waals surface area contributed by atoms with E-state index in [-0.39, 0.29) is 92.6 Å². The Labute approximate surface area is 194 Å². The molecule has 2 aromatic heterocycles. The molecule has 0 bridgehead atoms. The summed E-state index contributed by atoms with van der Waals surface area (Å²) in [7, 11) is 0. The summed E-state index contributed by atoms with van der Waals surface area (Å²) in [6.07, 6.45) is 3.08. The molecule has 0 aromatic carbocycles. The Bertz CT molecular complexity index is 1070. The molecule has 27 heavy (non-hydrogen) atoms. The smallest absolute Gasteiger partial charge is 0.550 e. The molecule has 1 amide bonds. The van der Waals surface area contributed by atoms with Gasteiger partial charge in [0.05, 0.1) is 18.2 Å². The predicted molar refractivity (Wildman–Crippen MR) is 82.0 cm³/mol. The number of carboxylic acids is 1. The Morgan fingerprint density at radius 2 is 1.85 bits per heavy atom. The largest absolute Gasteiger partial charge is 1.00 e. The van der Waals surface area contributed by atoms with E-state index in [4.69, 9.17) is 0 Å². The summed E-state index contributed by atoms with van der Waals surface area (Å²) in [6, 6.07) is 0. The number of fused-ring (bicyclic) bond motifs is 1. The summed E-state index contributed by atoms with van der Waals surface area (Å²) < 4.78 is 1.64. The molecule has 0 radical (unpaired) electrons. The maximum absolute atomic E-state index is 12.5. The predicted octanol–water partition coefficient (Wildman–Crippen LogP) is -5.13. The summed E-state index contributed by atoms with van der Waals surface area (Å²) in [5, 5.41) is 14.6. The minimum atomic E-state index is -0.869. The summed E-state index contributed by atoms with van der Waals surface area (Å²) in [6.45, 7) is 0.354. The van der Waals surface area contributed by atoms with Crippen LogP contribution in [0.25, 0.3) is 11.2 Å². The third-order valence-corrected chi connectivity index (χ3v) is 8.34. The van der Waals surface area contributed by atoms with E-state index < -0.39 is 11.4 Å². The summed E-state index contributed by atoms with van der Waals surface area (Å²) >= 11 is 0. The number of rotatable bonds is 5. The van der Waals surface area contributed by atoms with Crippen LogP contribution in [-0.2, 0) is 16.1 Å². The van der Waals surface area contributed by atoms with Gasteiger partial charge in [-0.1, -0.05) is 0 Å². The molecule has 6 aliphatic carbocycles. The van der Waals surface area contributed by atoms with Crippen molar-refractivity contribution in [3.05, 3.63) is 23.0 Å². The van der Waals surface area contributed by atoms with Gasteiger partial charge in [0.25, 0.3) is 5.56 Å². The number of H-pyrrole nitrogens is 1. The first-order valence-electron chi connectivity index (χ1n) is 8.95. The van der Waals surface area contributed by atoms with E-state index in [2.05, 4.69) is 20.3 Å². The van der Waals surface area contributed by atoms with Crippen molar-refractivity contribution in [3.63, 3.8) is 0 Å². The van der Waals surface area contributed by atoms with Crippen molar-refractivity contribution in [2.45, 2.75) is 18.5 Å². The van der Waals surface area contributed by atoms with Crippen LogP contribution in [0.3, 0.4) is 0 Å². The van der Waals surface area contributed by atoms with Crippen LogP contribution in [-0.4, -0.2) is 36.9 Å². The number of carboxylic acid groups (broad SMARTS) is 1. The zero-order valence-corrected chi connectivity index (χ0v) is 17.6. The fourth-order valence-corrected chi connectivity index (χ4v) is 7.80. The van der Waals surface area contributed by atoms with Crippen LogP contribution in [0.4, 0.5) is 0 Å². The minimum Gasteiger partial charge on any atom is -0.550 e. The van der Waals surface area contributed by atoms with Crippen LogP contribution in [0, 0.1) is 40.9 Å². The van der Waals surface area contributed by atoms with E-state index >= 15 is 0 Å². The van der Waals surface area contributed by atoms with Crippen molar-refractivity contribution in [2.24, 2.45) is 40.9 Å². The molecule has 2 N–H and O–H groups in total. The number of aromatic amines is 1. The van der Waals surface area contributed by atoms with Crippen LogP contribution < -0.4 is 67.4 Å². The molecule has 132 valence electrons. The number of aromatic nitrogens is 4. The Balaban J connectivity index is 0.00000146. The van der Waals surface area contributed by atoms with Gasteiger partial charge in [-0.3, -0.25) is 9.59 Å². The number of aliphatic carboxylic acids is 1. The van der Waals surface area contributed by atoms with Gasteiger partial charge in [-0.05, 0) is 35.5 Å². The molecule has 0 atom stereocenters. The number of hydrogen-bond acceptors (Lipinski definition) is 6. The summed E-state index contributed by atoms with van der Waals surface area (Å²) in [5.41, 5.74) is -0.182. The SMILES string of the molecule is O=C(CCn1cnc2nc[nH]c(=O)c21)NC12C3C4C1C1C2C3C41C(=O)[O-].[K+]. The zero-order chi connectivity index (χ0) is 17.6. The minimum absolute atomic E-state index is 0. The molecule has 8 rings (SSSR count). The van der Waals surface area contributed by atoms with Crippen molar-refractivity contribution in [3.8, 4) is 0 Å². The first kappa shape index (κ1) is 16.8. The fraction of sp³-hybridized carbons (Fsp3) is 0.588. The molecule has 0 spiro atoms. The molecule has 0 aliphatic heterocycles. The molecular weight excluding hydrogens is 377 g/mol. The molecule has 6 fully saturated rings. The molecular formula is C17H14KN5O4. The fourth-order valence-electron chi connectivity index (χ4n) is 7.80. The Hall–Kier alpha value is -1.07. The number of carbonyl (C=O) groups is 2. The van der Waals surface area contributed by atoms with E-state index in [1.807, 2.05) is 0 Å². The summed E-state index contributed by atoms with van der Waals surface area (Å²) in [5.74, 6) is 0.874. The van der Waals surface area contributed by atoms with Gasteiger partial charge in [0.15, 0.2) is 11.2 Å². The second-order valence-corrected chi connectivity index (χ2v) is 8.45. The van der Waals surface area contributed by atoms with Crippen molar-refractivity contribution in [1.29, 1.82) is 0 Å². The second-order valence-electron chi connectivity index (χ2n) is 8.45. The molecule has 6 saturated carbocycles. The van der Waals surface area contributed by atoms with Gasteiger partial charge in [-0.15, -0.1) is 0 Å². The third kappa shape index (κ3) is 1.37. The number of aryl methyl sites for hydroxylation is 1. The quantitative estimate of drug-likeness (QED) is 0.490. The monoisotopic (exact) mass is 391 g/mol. The van der Waals surface area contributed by atoms with Gasteiger partial charge in [0.2, 0.25) is 5.91 Å². The van der Waals surface area contributed by atoms with Crippen molar-refractivity contribution in [1.82, 2.24) is 24.8 Å². The number of nitrogens with one attached hydrogen (secondary N) is 2. The zero-order valence-electron chi connectivity index (χ0n) is 14.5. The maximum Gasteiger partial charge on any atom is 1.00 e. The Morgan fingerprint density at radius 3 is 2.48 bits per heavy atom. The van der Waals surface area contributed by atoms with E-state index in [1.165, 1.54) is 12.7 Å². The van der Waals surface area contributed by atoms with Crippen LogP contribution in [0.1, 0.15) is 6.42 Å². The number of hydrogen-bond donors (Lipinski definition) is 2. The van der Waals surface area contributed by atoms with E-state index in [1.54, 1.807) is 4.57 Å².